The maximum atomic E-state index is 13.1. The van der Waals surface area contributed by atoms with Gasteiger partial charge in [0, 0.05) is 25.8 Å². The maximum absolute atomic E-state index is 13.1. The van der Waals surface area contributed by atoms with E-state index in [0.717, 1.165) is 38.1 Å². The minimum absolute atomic E-state index is 0.185. The smallest absolute Gasteiger partial charge is 0.176 e. The second-order valence-electron chi connectivity index (χ2n) is 4.76. The van der Waals surface area contributed by atoms with Gasteiger partial charge in [-0.2, -0.15) is 0 Å². The van der Waals surface area contributed by atoms with Gasteiger partial charge in [-0.1, -0.05) is 0 Å². The lowest BCUT2D eigenvalue weighted by atomic mass is 10.1. The highest BCUT2D eigenvalue weighted by Gasteiger charge is 2.21. The third-order valence-electron chi connectivity index (χ3n) is 3.48. The first-order chi connectivity index (χ1) is 9.10. The van der Waals surface area contributed by atoms with Crippen molar-refractivity contribution in [3.05, 3.63) is 35.4 Å². The van der Waals surface area contributed by atoms with Crippen LogP contribution in [0.15, 0.2) is 18.2 Å². The summed E-state index contributed by atoms with van der Waals surface area (Å²) in [5, 5.41) is 0. The zero-order valence-electron chi connectivity index (χ0n) is 10.9. The number of Topliss-reactive ketones (excluding diaryl/α,β-unsaturated/α-hetero) is 1. The Labute approximate surface area is 111 Å². The van der Waals surface area contributed by atoms with Gasteiger partial charge in [-0.15, -0.1) is 0 Å². The van der Waals surface area contributed by atoms with Crippen molar-refractivity contribution in [2.75, 3.05) is 26.7 Å². The second-order valence-corrected chi connectivity index (χ2v) is 4.76. The predicted octanol–water partition coefficient (Wildman–Crippen LogP) is 2.26. The molecule has 104 valence electrons. The normalized spacial score (nSPS) is 17.6. The van der Waals surface area contributed by atoms with Gasteiger partial charge in [0.1, 0.15) is 0 Å². The highest BCUT2D eigenvalue weighted by atomic mass is 19.2. The molecule has 0 radical (unpaired) electrons. The van der Waals surface area contributed by atoms with Gasteiger partial charge in [0.25, 0.3) is 0 Å². The lowest BCUT2D eigenvalue weighted by Gasteiger charge is -2.30. The summed E-state index contributed by atoms with van der Waals surface area (Å²) in [6, 6.07) is 3.27. The number of ketones is 1. The van der Waals surface area contributed by atoms with Crippen LogP contribution in [-0.4, -0.2) is 43.5 Å². The number of likely N-dealkylation sites (tertiary alicyclic amines) is 1. The van der Waals surface area contributed by atoms with E-state index in [1.807, 2.05) is 4.90 Å². The maximum Gasteiger partial charge on any atom is 0.176 e. The molecule has 3 nitrogen and oxygen atoms in total. The molecule has 1 aliphatic rings. The lowest BCUT2D eigenvalue weighted by Crippen LogP contribution is -2.39. The Morgan fingerprint density at radius 2 is 2.00 bits per heavy atom. The summed E-state index contributed by atoms with van der Waals surface area (Å²) in [6.07, 6.45) is 2.04. The fraction of sp³-hybridized carbons (Fsp3) is 0.500. The van der Waals surface area contributed by atoms with Crippen LogP contribution in [0, 0.1) is 11.6 Å². The van der Waals surface area contributed by atoms with Crippen LogP contribution in [0.1, 0.15) is 23.2 Å². The van der Waals surface area contributed by atoms with Crippen molar-refractivity contribution in [1.29, 1.82) is 0 Å². The number of methoxy groups -OCH3 is 1. The Kier molecular flexibility index (Phi) is 4.61. The number of carbonyl (C=O) groups excluding carboxylic acids is 1. The summed E-state index contributed by atoms with van der Waals surface area (Å²) in [5.41, 5.74) is 0.216. The standard InChI is InChI=1S/C14H17F2NO2/c1-19-11-4-6-17(7-5-11)9-14(18)10-2-3-12(15)13(16)8-10/h2-3,8,11H,4-7,9H2,1H3. The van der Waals surface area contributed by atoms with Crippen LogP contribution in [0.5, 0.6) is 0 Å². The summed E-state index contributed by atoms with van der Waals surface area (Å²) in [7, 11) is 1.69. The summed E-state index contributed by atoms with van der Waals surface area (Å²) >= 11 is 0. The molecule has 0 aromatic heterocycles. The predicted molar refractivity (Wildman–Crippen MR) is 67.2 cm³/mol. The number of rotatable bonds is 4. The molecule has 0 atom stereocenters. The first-order valence-electron chi connectivity index (χ1n) is 6.33. The van der Waals surface area contributed by atoms with Gasteiger partial charge in [0.2, 0.25) is 0 Å². The van der Waals surface area contributed by atoms with Crippen molar-refractivity contribution in [2.45, 2.75) is 18.9 Å². The van der Waals surface area contributed by atoms with Crippen LogP contribution in [0.4, 0.5) is 8.78 Å². The van der Waals surface area contributed by atoms with E-state index < -0.39 is 11.6 Å². The molecule has 0 N–H and O–H groups in total. The Hall–Kier alpha value is -1.33. The summed E-state index contributed by atoms with van der Waals surface area (Å²) in [4.78, 5) is 14.0. The molecule has 1 aliphatic heterocycles. The fourth-order valence-electron chi connectivity index (χ4n) is 2.27. The Morgan fingerprint density at radius 1 is 1.32 bits per heavy atom. The Bertz CT molecular complexity index is 457. The molecule has 1 aromatic rings. The molecule has 0 unspecified atom stereocenters. The number of hydrogen-bond acceptors (Lipinski definition) is 3. The van der Waals surface area contributed by atoms with Gasteiger partial charge in [-0.25, -0.2) is 8.78 Å². The molecule has 1 saturated heterocycles. The van der Waals surface area contributed by atoms with Crippen molar-refractivity contribution < 1.29 is 18.3 Å². The van der Waals surface area contributed by atoms with Gasteiger partial charge >= 0.3 is 0 Å². The van der Waals surface area contributed by atoms with Crippen LogP contribution in [0.2, 0.25) is 0 Å². The average Bonchev–Trinajstić information content (AvgIpc) is 2.42. The highest BCUT2D eigenvalue weighted by molar-refractivity contribution is 5.97. The zero-order valence-corrected chi connectivity index (χ0v) is 10.9. The molecule has 5 heteroatoms. The number of ether oxygens (including phenoxy) is 1. The molecule has 0 amide bonds. The van der Waals surface area contributed by atoms with Crippen molar-refractivity contribution in [2.24, 2.45) is 0 Å². The van der Waals surface area contributed by atoms with Crippen LogP contribution in [0.3, 0.4) is 0 Å². The first-order valence-corrected chi connectivity index (χ1v) is 6.33. The first kappa shape index (κ1) is 14.1. The monoisotopic (exact) mass is 269 g/mol. The number of piperidine rings is 1. The van der Waals surface area contributed by atoms with E-state index in [0.29, 0.717) is 0 Å². The summed E-state index contributed by atoms with van der Waals surface area (Å²) in [5.74, 6) is -2.10. The molecule has 0 saturated carbocycles. The molecule has 0 aliphatic carbocycles. The zero-order chi connectivity index (χ0) is 13.8. The molecule has 19 heavy (non-hydrogen) atoms. The number of benzene rings is 1. The van der Waals surface area contributed by atoms with Crippen molar-refractivity contribution in [3.8, 4) is 0 Å². The van der Waals surface area contributed by atoms with Gasteiger partial charge in [-0.3, -0.25) is 9.69 Å². The number of hydrogen-bond donors (Lipinski definition) is 0. The van der Waals surface area contributed by atoms with Gasteiger partial charge in [0.15, 0.2) is 17.4 Å². The van der Waals surface area contributed by atoms with E-state index in [1.165, 1.54) is 6.07 Å². The third-order valence-corrected chi connectivity index (χ3v) is 3.48. The second kappa shape index (κ2) is 6.21. The number of halogens is 2. The van der Waals surface area contributed by atoms with E-state index in [9.17, 15) is 13.6 Å². The molecular weight excluding hydrogens is 252 g/mol. The van der Waals surface area contributed by atoms with E-state index in [-0.39, 0.29) is 24.0 Å². The van der Waals surface area contributed by atoms with Crippen molar-refractivity contribution in [3.63, 3.8) is 0 Å². The van der Waals surface area contributed by atoms with E-state index in [1.54, 1.807) is 7.11 Å². The third kappa shape index (κ3) is 3.58. The van der Waals surface area contributed by atoms with Crippen LogP contribution in [-0.2, 0) is 4.74 Å². The summed E-state index contributed by atoms with van der Waals surface area (Å²) in [6.45, 7) is 1.81. The largest absolute Gasteiger partial charge is 0.381 e. The average molecular weight is 269 g/mol. The molecule has 1 heterocycles. The Balaban J connectivity index is 1.92. The van der Waals surface area contributed by atoms with Crippen molar-refractivity contribution in [1.82, 2.24) is 4.90 Å². The molecule has 2 rings (SSSR count). The molecule has 0 spiro atoms. The van der Waals surface area contributed by atoms with Crippen LogP contribution >= 0.6 is 0 Å². The minimum Gasteiger partial charge on any atom is -0.381 e. The van der Waals surface area contributed by atoms with Crippen molar-refractivity contribution >= 4 is 5.78 Å². The Morgan fingerprint density at radius 3 is 2.58 bits per heavy atom. The molecule has 1 aromatic carbocycles. The number of carbonyl (C=O) groups is 1. The number of nitrogens with zero attached hydrogens (tertiary/aromatic N) is 1. The van der Waals surface area contributed by atoms with Gasteiger partial charge in [0.05, 0.1) is 12.6 Å². The van der Waals surface area contributed by atoms with E-state index in [4.69, 9.17) is 4.74 Å². The van der Waals surface area contributed by atoms with Gasteiger partial charge in [-0.05, 0) is 31.0 Å². The summed E-state index contributed by atoms with van der Waals surface area (Å²) < 4.78 is 31.1. The minimum atomic E-state index is -0.982. The lowest BCUT2D eigenvalue weighted by molar-refractivity contribution is 0.0401. The quantitative estimate of drug-likeness (QED) is 0.785. The molecular formula is C14H17F2NO2. The molecule has 0 bridgehead atoms. The highest BCUT2D eigenvalue weighted by Crippen LogP contribution is 2.14. The SMILES string of the molecule is COC1CCN(CC(=O)c2ccc(F)c(F)c2)CC1. The fourth-order valence-corrected chi connectivity index (χ4v) is 2.27. The topological polar surface area (TPSA) is 29.5 Å². The van der Waals surface area contributed by atoms with E-state index >= 15 is 0 Å². The van der Waals surface area contributed by atoms with E-state index in [2.05, 4.69) is 0 Å². The van der Waals surface area contributed by atoms with Crippen LogP contribution in [0.25, 0.3) is 0 Å². The van der Waals surface area contributed by atoms with Crippen LogP contribution < -0.4 is 0 Å². The molecule has 1 fully saturated rings. The van der Waals surface area contributed by atoms with Gasteiger partial charge < -0.3 is 4.74 Å².